The van der Waals surface area contributed by atoms with Gasteiger partial charge in [-0.25, -0.2) is 0 Å². The Labute approximate surface area is 420 Å². The van der Waals surface area contributed by atoms with Crippen LogP contribution in [-0.4, -0.2) is 26.4 Å². The molecule has 0 heterocycles. The molecule has 0 aromatic heterocycles. The summed E-state index contributed by atoms with van der Waals surface area (Å²) in [5.74, 6) is -14.0. The van der Waals surface area contributed by atoms with Gasteiger partial charge in [0.15, 0.2) is 0 Å². The third-order valence-electron chi connectivity index (χ3n) is 15.0. The molecule has 0 atom stereocenters. The van der Waals surface area contributed by atoms with Crippen LogP contribution in [0.3, 0.4) is 0 Å². The average Bonchev–Trinajstić information content (AvgIpc) is 3.45. The minimum atomic E-state index is -6.28. The van der Waals surface area contributed by atoms with Gasteiger partial charge >= 0.3 is 423 Å². The van der Waals surface area contributed by atoms with Crippen molar-refractivity contribution in [2.45, 2.75) is 22.1 Å². The molecular weight excluding hydrogens is 943 g/mol. The fourth-order valence-corrected chi connectivity index (χ4v) is 63.7. The predicted octanol–water partition coefficient (Wildman–Crippen LogP) is 12.6. The Hall–Kier alpha value is -7.85. The SMILES string of the molecule is O=C(O)c1ccccc1S(=O)(c1ccccc1C(=O)O)(P(Cc1ccccc1)(c1ccccc1)(c1ccccc1)c1ccccc1)P(Cc1ccccc1)(c1ccccc1)(c1ccccc1)c1ccccc1. The van der Waals surface area contributed by atoms with Crippen LogP contribution in [0.2, 0.25) is 0 Å². The second kappa shape index (κ2) is 18.7. The van der Waals surface area contributed by atoms with Gasteiger partial charge in [0.25, 0.3) is 0 Å². The Morgan fingerprint density at radius 1 is 0.292 bits per heavy atom. The maximum atomic E-state index is 22.9. The van der Waals surface area contributed by atoms with Crippen LogP contribution >= 0.6 is 11.6 Å². The Morgan fingerprint density at radius 3 is 0.708 bits per heavy atom. The predicted molar refractivity (Wildman–Crippen MR) is 302 cm³/mol. The van der Waals surface area contributed by atoms with E-state index in [9.17, 15) is 10.2 Å². The number of carboxylic acids is 2. The van der Waals surface area contributed by atoms with Crippen LogP contribution in [0.1, 0.15) is 31.8 Å². The first kappa shape index (κ1) is 47.8. The summed E-state index contributed by atoms with van der Waals surface area (Å²) in [6, 6.07) is 94.3. The molecule has 10 aromatic rings. The number of benzene rings is 10. The Morgan fingerprint density at radius 2 is 0.486 bits per heavy atom. The third kappa shape index (κ3) is 6.17. The molecule has 0 unspecified atom stereocenters. The van der Waals surface area contributed by atoms with Crippen LogP contribution in [0.5, 0.6) is 0 Å². The molecule has 0 fully saturated rings. The molecule has 5 nitrogen and oxygen atoms in total. The number of aromatic carboxylic acids is 2. The van der Waals surface area contributed by atoms with Crippen molar-refractivity contribution in [2.75, 3.05) is 0 Å². The standard InChI is InChI=1S/C64H54O5P2S/c65-63(66)59-45-25-27-47-61(59)72(69,62-48-28-26-46-60(62)64(67)68,70(53-33-13-3-14-34-53,54-35-15-4-16-36-54,55-37-17-5-18-38-55)49-51-29-9-1-10-30-51)71(56-39-19-6-20-40-56,57-41-21-7-22-42-57,58-43-23-8-24-44-58)50-52-31-11-2-12-32-52/h1-48H,49-50H2,(H,65,66)(H,67,68). The van der Waals surface area contributed by atoms with E-state index in [4.69, 9.17) is 0 Å². The third-order valence-corrected chi connectivity index (χ3v) is 52.9. The molecule has 0 aliphatic carbocycles. The van der Waals surface area contributed by atoms with Gasteiger partial charge in [-0.15, -0.1) is 0 Å². The average molecular weight is 997 g/mol. The zero-order chi connectivity index (χ0) is 49.8. The van der Waals surface area contributed by atoms with Gasteiger partial charge in [0, 0.05) is 0 Å². The second-order valence-corrected chi connectivity index (χ2v) is 39.3. The Bertz CT molecular complexity index is 3160. The molecule has 10 rings (SSSR count). The van der Waals surface area contributed by atoms with Crippen LogP contribution in [-0.2, 0) is 20.6 Å². The number of hydrogen-bond acceptors (Lipinski definition) is 3. The van der Waals surface area contributed by atoms with E-state index in [0.29, 0.717) is 31.8 Å². The fourth-order valence-electron chi connectivity index (χ4n) is 12.5. The van der Waals surface area contributed by atoms with Crippen molar-refractivity contribution in [1.82, 2.24) is 0 Å². The maximum absolute atomic E-state index is 22.9. The van der Waals surface area contributed by atoms with Crippen molar-refractivity contribution in [2.24, 2.45) is 0 Å². The first-order valence-corrected chi connectivity index (χ1v) is 31.9. The van der Waals surface area contributed by atoms with E-state index >= 15 is 13.8 Å². The van der Waals surface area contributed by atoms with Crippen LogP contribution in [0.25, 0.3) is 0 Å². The summed E-state index contributed by atoms with van der Waals surface area (Å²) in [6.45, 7) is 0. The van der Waals surface area contributed by atoms with Gasteiger partial charge < -0.3 is 0 Å². The molecule has 356 valence electrons. The summed E-state index contributed by atoms with van der Waals surface area (Å²) in [6.07, 6.45) is 0.133. The van der Waals surface area contributed by atoms with Crippen molar-refractivity contribution < 1.29 is 24.0 Å². The first-order chi connectivity index (χ1) is 35.2. The molecule has 8 heteroatoms. The van der Waals surface area contributed by atoms with Crippen molar-refractivity contribution >= 4 is 63.7 Å². The van der Waals surface area contributed by atoms with E-state index in [-0.39, 0.29) is 33.2 Å². The van der Waals surface area contributed by atoms with Gasteiger partial charge in [0.2, 0.25) is 0 Å². The molecule has 0 saturated heterocycles. The minimum absolute atomic E-state index is 0.0611. The van der Waals surface area contributed by atoms with E-state index in [1.807, 2.05) is 146 Å². The van der Waals surface area contributed by atoms with Crippen molar-refractivity contribution in [3.63, 3.8) is 0 Å². The topological polar surface area (TPSA) is 91.7 Å². The van der Waals surface area contributed by atoms with Gasteiger partial charge in [-0.05, 0) is 0 Å². The summed E-state index contributed by atoms with van der Waals surface area (Å²) in [7, 11) is -6.28. The van der Waals surface area contributed by atoms with Crippen molar-refractivity contribution in [3.05, 3.63) is 313 Å². The number of carbonyl (C=O) groups is 2. The summed E-state index contributed by atoms with van der Waals surface area (Å²) in [5.41, 5.74) is 1.28. The van der Waals surface area contributed by atoms with Crippen LogP contribution < -0.4 is 31.8 Å². The van der Waals surface area contributed by atoms with Crippen LogP contribution in [0.4, 0.5) is 0 Å². The molecule has 10 aromatic carbocycles. The van der Waals surface area contributed by atoms with Crippen molar-refractivity contribution in [1.29, 1.82) is 0 Å². The van der Waals surface area contributed by atoms with E-state index in [0.717, 1.165) is 11.1 Å². The molecule has 72 heavy (non-hydrogen) atoms. The summed E-state index contributed by atoms with van der Waals surface area (Å²) < 4.78 is 22.9. The summed E-state index contributed by atoms with van der Waals surface area (Å²) in [4.78, 5) is 30.2. The van der Waals surface area contributed by atoms with Gasteiger partial charge in [0.05, 0.1) is 0 Å². The van der Waals surface area contributed by atoms with E-state index in [1.165, 1.54) is 0 Å². The Balaban J connectivity index is 1.82. The normalized spacial score (nSPS) is 13.5. The number of rotatable bonds is 16. The molecule has 0 aliphatic rings. The Kier molecular flexibility index (Phi) is 12.4. The van der Waals surface area contributed by atoms with E-state index < -0.39 is 31.9 Å². The zero-order valence-corrected chi connectivity index (χ0v) is 42.2. The zero-order valence-electron chi connectivity index (χ0n) is 39.5. The molecule has 0 radical (unpaired) electrons. The first-order valence-electron chi connectivity index (χ1n) is 23.9. The quantitative estimate of drug-likeness (QED) is 0.0941. The monoisotopic (exact) mass is 996 g/mol. The molecule has 2 N–H and O–H groups in total. The second-order valence-electron chi connectivity index (χ2n) is 18.2. The molecule has 0 amide bonds. The van der Waals surface area contributed by atoms with Gasteiger partial charge in [-0.1, -0.05) is 0 Å². The van der Waals surface area contributed by atoms with Crippen molar-refractivity contribution in [3.8, 4) is 0 Å². The summed E-state index contributed by atoms with van der Waals surface area (Å²) in [5, 5.41) is 28.7. The van der Waals surface area contributed by atoms with Gasteiger partial charge in [-0.2, -0.15) is 0 Å². The fraction of sp³-hybridized carbons (Fsp3) is 0.0312. The number of carboxylic acid groups (broad SMARTS) is 2. The van der Waals surface area contributed by atoms with E-state index in [1.54, 1.807) is 48.5 Å². The molecular formula is C64H54O5P2S. The van der Waals surface area contributed by atoms with Gasteiger partial charge in [-0.3, -0.25) is 0 Å². The molecule has 0 saturated carbocycles. The van der Waals surface area contributed by atoms with E-state index in [2.05, 4.69) is 97.1 Å². The molecule has 0 aliphatic heterocycles. The van der Waals surface area contributed by atoms with Crippen LogP contribution in [0, 0.1) is 0 Å². The number of hydrogen-bond donors (Lipinski definition) is 2. The van der Waals surface area contributed by atoms with Gasteiger partial charge in [0.1, 0.15) is 0 Å². The molecule has 0 bridgehead atoms. The summed E-state index contributed by atoms with van der Waals surface area (Å²) >= 11 is 0. The molecule has 0 spiro atoms. The van der Waals surface area contributed by atoms with Crippen LogP contribution in [0.15, 0.2) is 301 Å².